The van der Waals surface area contributed by atoms with Gasteiger partial charge in [0.2, 0.25) is 0 Å². The summed E-state index contributed by atoms with van der Waals surface area (Å²) in [6, 6.07) is 0.454. The summed E-state index contributed by atoms with van der Waals surface area (Å²) in [4.78, 5) is 2.56. The molecule has 0 bridgehead atoms. The molecule has 2 aliphatic rings. The maximum atomic E-state index is 5.91. The molecule has 88 valence electrons. The van der Waals surface area contributed by atoms with Crippen molar-refractivity contribution in [3.8, 4) is 0 Å². The van der Waals surface area contributed by atoms with Crippen LogP contribution in [0.1, 0.15) is 45.4 Å². The Balaban J connectivity index is 1.64. The molecule has 1 saturated heterocycles. The third-order valence-corrected chi connectivity index (χ3v) is 4.21. The molecule has 2 heteroatoms. The van der Waals surface area contributed by atoms with Gasteiger partial charge in [-0.05, 0) is 44.2 Å². The normalized spacial score (nSPS) is 38.4. The molecular formula is C13H26N2. The first-order valence-corrected chi connectivity index (χ1v) is 6.72. The van der Waals surface area contributed by atoms with Crippen molar-refractivity contribution < 1.29 is 0 Å². The Kier molecular flexibility index (Phi) is 4.04. The molecule has 2 N–H and O–H groups in total. The van der Waals surface area contributed by atoms with Crippen LogP contribution in [0.2, 0.25) is 0 Å². The fraction of sp³-hybridized carbons (Fsp3) is 1.00. The third-order valence-electron chi connectivity index (χ3n) is 4.21. The van der Waals surface area contributed by atoms with E-state index < -0.39 is 0 Å². The molecule has 1 aliphatic carbocycles. The molecule has 0 amide bonds. The van der Waals surface area contributed by atoms with Crippen molar-refractivity contribution in [2.45, 2.75) is 51.5 Å². The second-order valence-corrected chi connectivity index (χ2v) is 5.78. The number of rotatable bonds is 3. The van der Waals surface area contributed by atoms with Gasteiger partial charge in [-0.3, -0.25) is 0 Å². The van der Waals surface area contributed by atoms with Gasteiger partial charge in [-0.1, -0.05) is 26.2 Å². The van der Waals surface area contributed by atoms with E-state index in [9.17, 15) is 0 Å². The highest BCUT2D eigenvalue weighted by atomic mass is 15.2. The highest BCUT2D eigenvalue weighted by molar-refractivity contribution is 4.79. The molecule has 3 unspecified atom stereocenters. The summed E-state index contributed by atoms with van der Waals surface area (Å²) in [6.45, 7) is 6.09. The highest BCUT2D eigenvalue weighted by Gasteiger charge is 2.22. The Hall–Kier alpha value is -0.0800. The molecule has 15 heavy (non-hydrogen) atoms. The number of likely N-dealkylation sites (tertiary alicyclic amines) is 1. The fourth-order valence-electron chi connectivity index (χ4n) is 3.25. The van der Waals surface area contributed by atoms with Gasteiger partial charge in [-0.15, -0.1) is 0 Å². The average molecular weight is 210 g/mol. The van der Waals surface area contributed by atoms with E-state index in [2.05, 4.69) is 11.8 Å². The van der Waals surface area contributed by atoms with Crippen LogP contribution in [0.5, 0.6) is 0 Å². The zero-order valence-electron chi connectivity index (χ0n) is 10.1. The Bertz CT molecular complexity index is 193. The monoisotopic (exact) mass is 210 g/mol. The molecule has 1 saturated carbocycles. The Morgan fingerprint density at radius 3 is 2.80 bits per heavy atom. The number of nitrogens with two attached hydrogens (primary N) is 1. The van der Waals surface area contributed by atoms with Gasteiger partial charge >= 0.3 is 0 Å². The molecule has 3 atom stereocenters. The first-order valence-electron chi connectivity index (χ1n) is 6.72. The highest BCUT2D eigenvalue weighted by Crippen LogP contribution is 2.30. The summed E-state index contributed by atoms with van der Waals surface area (Å²) in [5.41, 5.74) is 5.91. The van der Waals surface area contributed by atoms with Crippen LogP contribution >= 0.6 is 0 Å². The van der Waals surface area contributed by atoms with Gasteiger partial charge in [0, 0.05) is 12.6 Å². The lowest BCUT2D eigenvalue weighted by Crippen LogP contribution is -2.29. The van der Waals surface area contributed by atoms with Crippen molar-refractivity contribution in [1.29, 1.82) is 0 Å². The van der Waals surface area contributed by atoms with Gasteiger partial charge in [0.25, 0.3) is 0 Å². The van der Waals surface area contributed by atoms with Crippen LogP contribution in [0.25, 0.3) is 0 Å². The van der Waals surface area contributed by atoms with Crippen molar-refractivity contribution in [2.24, 2.45) is 17.6 Å². The van der Waals surface area contributed by atoms with Crippen LogP contribution in [0.4, 0.5) is 0 Å². The summed E-state index contributed by atoms with van der Waals surface area (Å²) in [5, 5.41) is 0. The van der Waals surface area contributed by atoms with Crippen molar-refractivity contribution in [1.82, 2.24) is 4.90 Å². The minimum Gasteiger partial charge on any atom is -0.326 e. The van der Waals surface area contributed by atoms with Crippen LogP contribution in [0.3, 0.4) is 0 Å². The molecule has 0 aromatic carbocycles. The smallest absolute Gasteiger partial charge is 0.0180 e. The van der Waals surface area contributed by atoms with E-state index >= 15 is 0 Å². The lowest BCUT2D eigenvalue weighted by molar-refractivity contribution is 0.231. The Morgan fingerprint density at radius 2 is 2.13 bits per heavy atom. The average Bonchev–Trinajstić information content (AvgIpc) is 2.62. The maximum Gasteiger partial charge on any atom is 0.0180 e. The predicted molar refractivity (Wildman–Crippen MR) is 64.8 cm³/mol. The summed E-state index contributed by atoms with van der Waals surface area (Å²) < 4.78 is 0. The first kappa shape index (κ1) is 11.4. The van der Waals surface area contributed by atoms with E-state index in [1.807, 2.05) is 0 Å². The van der Waals surface area contributed by atoms with E-state index in [0.29, 0.717) is 6.04 Å². The SMILES string of the molecule is CC1CCCC(CCN2CCC(N)C2)C1. The quantitative estimate of drug-likeness (QED) is 0.774. The second kappa shape index (κ2) is 5.31. The predicted octanol–water partition coefficient (Wildman–Crippen LogP) is 2.24. The maximum absolute atomic E-state index is 5.91. The van der Waals surface area contributed by atoms with E-state index in [1.54, 1.807) is 0 Å². The van der Waals surface area contributed by atoms with Gasteiger partial charge in [-0.2, -0.15) is 0 Å². The van der Waals surface area contributed by atoms with Gasteiger partial charge in [0.15, 0.2) is 0 Å². The van der Waals surface area contributed by atoms with Gasteiger partial charge in [0.1, 0.15) is 0 Å². The summed E-state index contributed by atoms with van der Waals surface area (Å²) >= 11 is 0. The van der Waals surface area contributed by atoms with Crippen molar-refractivity contribution in [3.63, 3.8) is 0 Å². The molecular weight excluding hydrogens is 184 g/mol. The zero-order chi connectivity index (χ0) is 10.7. The molecule has 1 aliphatic heterocycles. The summed E-state index contributed by atoms with van der Waals surface area (Å²) in [5.74, 6) is 1.98. The van der Waals surface area contributed by atoms with Crippen LogP contribution in [-0.4, -0.2) is 30.6 Å². The van der Waals surface area contributed by atoms with Crippen molar-refractivity contribution >= 4 is 0 Å². The van der Waals surface area contributed by atoms with Gasteiger partial charge < -0.3 is 10.6 Å². The largest absolute Gasteiger partial charge is 0.326 e. The Labute approximate surface area is 94.2 Å². The van der Waals surface area contributed by atoms with Crippen LogP contribution in [0.15, 0.2) is 0 Å². The van der Waals surface area contributed by atoms with E-state index in [0.717, 1.165) is 18.4 Å². The minimum absolute atomic E-state index is 0.454. The number of hydrogen-bond acceptors (Lipinski definition) is 2. The van der Waals surface area contributed by atoms with Crippen LogP contribution < -0.4 is 5.73 Å². The van der Waals surface area contributed by atoms with E-state index in [1.165, 1.54) is 51.6 Å². The van der Waals surface area contributed by atoms with Crippen molar-refractivity contribution in [3.05, 3.63) is 0 Å². The molecule has 0 aromatic rings. The minimum atomic E-state index is 0.454. The topological polar surface area (TPSA) is 29.3 Å². The summed E-state index contributed by atoms with van der Waals surface area (Å²) in [6.07, 6.45) is 8.50. The summed E-state index contributed by atoms with van der Waals surface area (Å²) in [7, 11) is 0. The molecule has 2 rings (SSSR count). The molecule has 0 aromatic heterocycles. The first-order chi connectivity index (χ1) is 7.24. The lowest BCUT2D eigenvalue weighted by Gasteiger charge is -2.28. The number of nitrogens with zero attached hydrogens (tertiary/aromatic N) is 1. The molecule has 0 radical (unpaired) electrons. The Morgan fingerprint density at radius 1 is 1.27 bits per heavy atom. The second-order valence-electron chi connectivity index (χ2n) is 5.78. The van der Waals surface area contributed by atoms with E-state index in [4.69, 9.17) is 5.73 Å². The zero-order valence-corrected chi connectivity index (χ0v) is 10.1. The van der Waals surface area contributed by atoms with Gasteiger partial charge in [0.05, 0.1) is 0 Å². The third kappa shape index (κ3) is 3.46. The van der Waals surface area contributed by atoms with Crippen LogP contribution in [0, 0.1) is 11.8 Å². The molecule has 0 spiro atoms. The standard InChI is InChI=1S/C13H26N2/c1-11-3-2-4-12(9-11)5-7-15-8-6-13(14)10-15/h11-13H,2-10,14H2,1H3. The lowest BCUT2D eigenvalue weighted by atomic mass is 9.81. The van der Waals surface area contributed by atoms with Crippen LogP contribution in [-0.2, 0) is 0 Å². The molecule has 2 fully saturated rings. The van der Waals surface area contributed by atoms with Crippen molar-refractivity contribution in [2.75, 3.05) is 19.6 Å². The fourth-order valence-corrected chi connectivity index (χ4v) is 3.25. The van der Waals surface area contributed by atoms with E-state index in [-0.39, 0.29) is 0 Å². The molecule has 1 heterocycles. The number of hydrogen-bond donors (Lipinski definition) is 1. The molecule has 2 nitrogen and oxygen atoms in total. The van der Waals surface area contributed by atoms with Gasteiger partial charge in [-0.25, -0.2) is 0 Å².